The second-order valence-corrected chi connectivity index (χ2v) is 7.36. The number of nitrogens with zero attached hydrogens (tertiary/aromatic N) is 1. The molecule has 0 atom stereocenters. The first-order valence-corrected chi connectivity index (χ1v) is 8.75. The predicted molar refractivity (Wildman–Crippen MR) is 98.4 cm³/mol. The van der Waals surface area contributed by atoms with Crippen LogP contribution in [0.5, 0.6) is 0 Å². The zero-order valence-corrected chi connectivity index (χ0v) is 15.3. The van der Waals surface area contributed by atoms with Crippen molar-refractivity contribution in [1.29, 1.82) is 0 Å². The number of hydrogen-bond acceptors (Lipinski definition) is 4. The molecule has 2 aromatic rings. The average Bonchev–Trinajstić information content (AvgIpc) is 2.98. The van der Waals surface area contributed by atoms with Crippen LogP contribution in [-0.2, 0) is 4.79 Å². The largest absolute Gasteiger partial charge is 0.375 e. The fourth-order valence-electron chi connectivity index (χ4n) is 1.89. The topological polar surface area (TPSA) is 61.4 Å². The highest BCUT2D eigenvalue weighted by Crippen LogP contribution is 2.21. The molecule has 7 heteroatoms. The highest BCUT2D eigenvalue weighted by atomic mass is 79.9. The molecule has 0 aliphatic heterocycles. The summed E-state index contributed by atoms with van der Waals surface area (Å²) in [6.07, 6.45) is 0. The summed E-state index contributed by atoms with van der Waals surface area (Å²) in [7, 11) is 1.99. The van der Waals surface area contributed by atoms with Gasteiger partial charge in [0.15, 0.2) is 0 Å². The maximum absolute atomic E-state index is 12.0. The summed E-state index contributed by atoms with van der Waals surface area (Å²) in [4.78, 5) is 26.5. The third-order valence-corrected chi connectivity index (χ3v) is 4.87. The fraction of sp³-hybridized carbons (Fsp3) is 0.250. The molecule has 5 nitrogen and oxygen atoms in total. The van der Waals surface area contributed by atoms with Crippen LogP contribution in [0.15, 0.2) is 40.2 Å². The smallest absolute Gasteiger partial charge is 0.261 e. The van der Waals surface area contributed by atoms with Gasteiger partial charge in [0.05, 0.1) is 15.2 Å². The fourth-order valence-corrected chi connectivity index (χ4v) is 3.20. The summed E-state index contributed by atoms with van der Waals surface area (Å²) in [5.41, 5.74) is 1.73. The van der Waals surface area contributed by atoms with E-state index in [9.17, 15) is 9.59 Å². The second kappa shape index (κ2) is 8.12. The Bertz CT molecular complexity index is 702. The minimum absolute atomic E-state index is 0.0673. The molecule has 1 aromatic carbocycles. The molecule has 0 spiro atoms. The number of rotatable bonds is 6. The van der Waals surface area contributed by atoms with Gasteiger partial charge in [0.25, 0.3) is 5.91 Å². The quantitative estimate of drug-likeness (QED) is 0.788. The summed E-state index contributed by atoms with van der Waals surface area (Å²) in [6.45, 7) is 2.87. The van der Waals surface area contributed by atoms with Crippen molar-refractivity contribution >= 4 is 50.5 Å². The Morgan fingerprint density at radius 3 is 2.70 bits per heavy atom. The van der Waals surface area contributed by atoms with Gasteiger partial charge in [-0.15, -0.1) is 11.3 Å². The molecule has 122 valence electrons. The first-order chi connectivity index (χ1) is 11.0. The van der Waals surface area contributed by atoms with E-state index in [1.54, 1.807) is 12.1 Å². The summed E-state index contributed by atoms with van der Waals surface area (Å²) < 4.78 is 0.879. The molecular weight excluding hydrogens is 378 g/mol. The van der Waals surface area contributed by atoms with E-state index in [-0.39, 0.29) is 18.4 Å². The van der Waals surface area contributed by atoms with Crippen molar-refractivity contribution < 1.29 is 9.59 Å². The van der Waals surface area contributed by atoms with Crippen LogP contribution >= 0.6 is 27.3 Å². The maximum Gasteiger partial charge on any atom is 0.261 e. The number of benzene rings is 1. The van der Waals surface area contributed by atoms with Crippen LogP contribution in [0.1, 0.15) is 16.6 Å². The van der Waals surface area contributed by atoms with Gasteiger partial charge in [0.1, 0.15) is 0 Å². The molecule has 0 aliphatic carbocycles. The van der Waals surface area contributed by atoms with Gasteiger partial charge in [-0.1, -0.05) is 6.07 Å². The molecule has 0 saturated carbocycles. The lowest BCUT2D eigenvalue weighted by Crippen LogP contribution is -2.32. The Morgan fingerprint density at radius 2 is 2.04 bits per heavy atom. The molecule has 1 aromatic heterocycles. The summed E-state index contributed by atoms with van der Waals surface area (Å²) in [5, 5.41) is 5.40. The molecule has 23 heavy (non-hydrogen) atoms. The van der Waals surface area contributed by atoms with Crippen molar-refractivity contribution in [2.45, 2.75) is 6.92 Å². The lowest BCUT2D eigenvalue weighted by Gasteiger charge is -2.17. The highest BCUT2D eigenvalue weighted by Gasteiger charge is 2.10. The number of hydrogen-bond donors (Lipinski definition) is 2. The number of halogens is 1. The van der Waals surface area contributed by atoms with E-state index in [1.807, 2.05) is 31.3 Å². The molecule has 2 amide bonds. The summed E-state index contributed by atoms with van der Waals surface area (Å²) in [6, 6.07) is 11.1. The van der Waals surface area contributed by atoms with E-state index in [4.69, 9.17) is 0 Å². The Morgan fingerprint density at radius 1 is 1.26 bits per heavy atom. The van der Waals surface area contributed by atoms with Crippen LogP contribution in [0.25, 0.3) is 0 Å². The van der Waals surface area contributed by atoms with Gasteiger partial charge in [-0.25, -0.2) is 0 Å². The number of carbonyl (C=O) groups is 2. The third kappa shape index (κ3) is 5.07. The first kappa shape index (κ1) is 17.5. The predicted octanol–water partition coefficient (Wildman–Crippen LogP) is 3.34. The van der Waals surface area contributed by atoms with Crippen molar-refractivity contribution in [2.75, 3.05) is 30.4 Å². The van der Waals surface area contributed by atoms with Gasteiger partial charge in [-0.05, 0) is 53.2 Å². The molecule has 0 unspecified atom stereocenters. The molecular formula is C16H18BrN3O2S. The zero-order valence-electron chi connectivity index (χ0n) is 12.9. The monoisotopic (exact) mass is 395 g/mol. The highest BCUT2D eigenvalue weighted by molar-refractivity contribution is 9.11. The minimum atomic E-state index is -0.259. The van der Waals surface area contributed by atoms with E-state index in [1.165, 1.54) is 11.3 Å². The minimum Gasteiger partial charge on any atom is -0.375 e. The molecule has 0 bridgehead atoms. The molecule has 1 heterocycles. The van der Waals surface area contributed by atoms with Crippen LogP contribution < -0.4 is 15.5 Å². The molecule has 2 N–H and O–H groups in total. The van der Waals surface area contributed by atoms with Crippen LogP contribution in [0.2, 0.25) is 0 Å². The van der Waals surface area contributed by atoms with Gasteiger partial charge >= 0.3 is 0 Å². The van der Waals surface area contributed by atoms with Crippen molar-refractivity contribution in [3.05, 3.63) is 45.1 Å². The van der Waals surface area contributed by atoms with Crippen LogP contribution in [0.3, 0.4) is 0 Å². The SMILES string of the molecule is CCN(C)c1cccc(NC(=O)CNC(=O)c2ccc(Br)s2)c1. The third-order valence-electron chi connectivity index (χ3n) is 3.25. The Kier molecular flexibility index (Phi) is 6.18. The number of nitrogens with one attached hydrogen (secondary N) is 2. The number of thiophene rings is 1. The van der Waals surface area contributed by atoms with Gasteiger partial charge in [-0.2, -0.15) is 0 Å². The van der Waals surface area contributed by atoms with Crippen LogP contribution in [0, 0.1) is 0 Å². The Balaban J connectivity index is 1.88. The van der Waals surface area contributed by atoms with Gasteiger partial charge in [0.2, 0.25) is 5.91 Å². The van der Waals surface area contributed by atoms with Crippen molar-refractivity contribution in [2.24, 2.45) is 0 Å². The van der Waals surface area contributed by atoms with E-state index in [2.05, 4.69) is 38.4 Å². The molecule has 0 aliphatic rings. The molecule has 2 rings (SSSR count). The van der Waals surface area contributed by atoms with E-state index in [0.29, 0.717) is 10.6 Å². The lowest BCUT2D eigenvalue weighted by molar-refractivity contribution is -0.115. The lowest BCUT2D eigenvalue weighted by atomic mass is 10.2. The van der Waals surface area contributed by atoms with Crippen molar-refractivity contribution in [1.82, 2.24) is 5.32 Å². The number of anilines is 2. The first-order valence-electron chi connectivity index (χ1n) is 7.14. The molecule has 0 fully saturated rings. The Labute approximate surface area is 147 Å². The van der Waals surface area contributed by atoms with Gasteiger partial charge < -0.3 is 15.5 Å². The number of amides is 2. The van der Waals surface area contributed by atoms with Crippen molar-refractivity contribution in [3.8, 4) is 0 Å². The number of carbonyl (C=O) groups excluding carboxylic acids is 2. The normalized spacial score (nSPS) is 10.2. The standard InChI is InChI=1S/C16H18BrN3O2S/c1-3-20(2)12-6-4-5-11(9-12)19-15(21)10-18-16(22)13-7-8-14(17)23-13/h4-9H,3,10H2,1-2H3,(H,18,22)(H,19,21). The molecule has 0 radical (unpaired) electrons. The van der Waals surface area contributed by atoms with Crippen LogP contribution in [0.4, 0.5) is 11.4 Å². The van der Waals surface area contributed by atoms with E-state index < -0.39 is 0 Å². The van der Waals surface area contributed by atoms with Crippen molar-refractivity contribution in [3.63, 3.8) is 0 Å². The summed E-state index contributed by atoms with van der Waals surface area (Å²) in [5.74, 6) is -0.513. The average molecular weight is 396 g/mol. The van der Waals surface area contributed by atoms with Gasteiger partial charge in [-0.3, -0.25) is 9.59 Å². The molecule has 0 saturated heterocycles. The Hall–Kier alpha value is -1.86. The maximum atomic E-state index is 12.0. The van der Waals surface area contributed by atoms with E-state index >= 15 is 0 Å². The van der Waals surface area contributed by atoms with Crippen LogP contribution in [-0.4, -0.2) is 32.0 Å². The van der Waals surface area contributed by atoms with Gasteiger partial charge in [0, 0.05) is 25.0 Å². The second-order valence-electron chi connectivity index (χ2n) is 4.90. The summed E-state index contributed by atoms with van der Waals surface area (Å²) >= 11 is 4.63. The van der Waals surface area contributed by atoms with E-state index in [0.717, 1.165) is 16.0 Å². The zero-order chi connectivity index (χ0) is 16.8.